The van der Waals surface area contributed by atoms with E-state index in [4.69, 9.17) is 10.5 Å². The van der Waals surface area contributed by atoms with Gasteiger partial charge in [-0.15, -0.1) is 0 Å². The standard InChI is InChI=1S/C27H32N6O/c1-5-29-24-14-20-7-6-19(13-22(20)31-24)18-8-9-23-21(12-18)15-33(10-11-34-23)26-25(16(2)3)17(4)30-27(28)32-26/h6-9,12-13,16H,5,10-11,14-15H2,1-4H3,(H,29,31)(H2,28,30,32). The SMILES string of the molecule is CCN=C1Cc2ccc(-c3ccc4c(c3)CN(c3nc(N)nc(C)c3C(C)C)CCO4)cc2N1. The van der Waals surface area contributed by atoms with Gasteiger partial charge in [-0.2, -0.15) is 4.98 Å². The summed E-state index contributed by atoms with van der Waals surface area (Å²) in [5.74, 6) is 3.48. The third-order valence-electron chi connectivity index (χ3n) is 6.48. The molecule has 0 unspecified atom stereocenters. The van der Waals surface area contributed by atoms with Crippen molar-refractivity contribution in [3.63, 3.8) is 0 Å². The van der Waals surface area contributed by atoms with Crippen LogP contribution in [0.4, 0.5) is 17.5 Å². The summed E-state index contributed by atoms with van der Waals surface area (Å²) in [7, 11) is 0. The van der Waals surface area contributed by atoms with E-state index in [-0.39, 0.29) is 0 Å². The van der Waals surface area contributed by atoms with Crippen molar-refractivity contribution in [2.45, 2.75) is 46.6 Å². The minimum atomic E-state index is 0.297. The van der Waals surface area contributed by atoms with Crippen molar-refractivity contribution in [1.29, 1.82) is 0 Å². The molecule has 0 spiro atoms. The lowest BCUT2D eigenvalue weighted by Crippen LogP contribution is -2.28. The molecule has 0 bridgehead atoms. The summed E-state index contributed by atoms with van der Waals surface area (Å²) in [6.45, 7) is 11.2. The van der Waals surface area contributed by atoms with E-state index in [1.165, 1.54) is 11.1 Å². The normalized spacial score (nSPS) is 16.1. The second-order valence-electron chi connectivity index (χ2n) is 9.25. The number of nitrogens with zero attached hydrogens (tertiary/aromatic N) is 4. The zero-order valence-electron chi connectivity index (χ0n) is 20.4. The molecule has 5 rings (SSSR count). The first kappa shape index (κ1) is 22.2. The van der Waals surface area contributed by atoms with Crippen LogP contribution in [0.2, 0.25) is 0 Å². The van der Waals surface area contributed by atoms with Gasteiger partial charge in [0.05, 0.1) is 6.54 Å². The van der Waals surface area contributed by atoms with Gasteiger partial charge in [0.15, 0.2) is 0 Å². The van der Waals surface area contributed by atoms with Crippen molar-refractivity contribution >= 4 is 23.3 Å². The third kappa shape index (κ3) is 4.18. The third-order valence-corrected chi connectivity index (χ3v) is 6.48. The van der Waals surface area contributed by atoms with E-state index in [1.807, 2.05) is 6.92 Å². The van der Waals surface area contributed by atoms with Crippen molar-refractivity contribution in [2.24, 2.45) is 4.99 Å². The van der Waals surface area contributed by atoms with E-state index >= 15 is 0 Å². The van der Waals surface area contributed by atoms with Gasteiger partial charge in [-0.3, -0.25) is 4.99 Å². The monoisotopic (exact) mass is 456 g/mol. The van der Waals surface area contributed by atoms with Gasteiger partial charge in [0.25, 0.3) is 0 Å². The number of fused-ring (bicyclic) bond motifs is 2. The number of aromatic nitrogens is 2. The van der Waals surface area contributed by atoms with Crippen LogP contribution in [0, 0.1) is 6.92 Å². The van der Waals surface area contributed by atoms with E-state index in [2.05, 4.69) is 82.3 Å². The van der Waals surface area contributed by atoms with Crippen LogP contribution in [0.25, 0.3) is 11.1 Å². The zero-order chi connectivity index (χ0) is 23.8. The van der Waals surface area contributed by atoms with Crippen molar-refractivity contribution in [3.05, 3.63) is 58.8 Å². The van der Waals surface area contributed by atoms with E-state index in [9.17, 15) is 0 Å². The fourth-order valence-corrected chi connectivity index (χ4v) is 4.95. The Kier molecular flexibility index (Phi) is 5.86. The highest BCUT2D eigenvalue weighted by molar-refractivity contribution is 6.03. The van der Waals surface area contributed by atoms with Crippen LogP contribution in [-0.4, -0.2) is 35.5 Å². The van der Waals surface area contributed by atoms with Gasteiger partial charge in [-0.1, -0.05) is 32.0 Å². The Morgan fingerprint density at radius 2 is 1.91 bits per heavy atom. The first-order valence-corrected chi connectivity index (χ1v) is 12.0. The number of nitrogen functional groups attached to an aromatic ring is 1. The number of aliphatic imine (C=N–C) groups is 1. The summed E-state index contributed by atoms with van der Waals surface area (Å²) >= 11 is 0. The number of aryl methyl sites for hydroxylation is 1. The molecule has 0 fully saturated rings. The molecular formula is C27H32N6O. The van der Waals surface area contributed by atoms with Crippen LogP contribution in [0.15, 0.2) is 41.4 Å². The maximum atomic E-state index is 6.12. The van der Waals surface area contributed by atoms with E-state index < -0.39 is 0 Å². The summed E-state index contributed by atoms with van der Waals surface area (Å²) in [5, 5.41) is 3.46. The number of benzene rings is 2. The van der Waals surface area contributed by atoms with Gasteiger partial charge >= 0.3 is 0 Å². The lowest BCUT2D eigenvalue weighted by atomic mass is 9.99. The maximum absolute atomic E-state index is 6.12. The van der Waals surface area contributed by atoms with Crippen LogP contribution in [-0.2, 0) is 13.0 Å². The second-order valence-corrected chi connectivity index (χ2v) is 9.25. The lowest BCUT2D eigenvalue weighted by molar-refractivity contribution is 0.331. The molecule has 0 amide bonds. The Labute approximate surface area is 201 Å². The van der Waals surface area contributed by atoms with Crippen molar-refractivity contribution in [2.75, 3.05) is 35.6 Å². The fraction of sp³-hybridized carbons (Fsp3) is 0.370. The molecule has 7 heteroatoms. The summed E-state index contributed by atoms with van der Waals surface area (Å²) in [6, 6.07) is 13.1. The summed E-state index contributed by atoms with van der Waals surface area (Å²) in [4.78, 5) is 15.9. The number of amidine groups is 1. The molecule has 0 aliphatic carbocycles. The van der Waals surface area contributed by atoms with Gasteiger partial charge in [0.1, 0.15) is 24.0 Å². The maximum Gasteiger partial charge on any atom is 0.222 e. The van der Waals surface area contributed by atoms with Crippen LogP contribution in [0.1, 0.15) is 49.1 Å². The molecule has 2 aromatic carbocycles. The van der Waals surface area contributed by atoms with Crippen LogP contribution in [0.5, 0.6) is 5.75 Å². The Hall–Kier alpha value is -3.61. The van der Waals surface area contributed by atoms with Crippen molar-refractivity contribution < 1.29 is 4.74 Å². The molecule has 2 aliphatic rings. The van der Waals surface area contributed by atoms with Gasteiger partial charge in [-0.25, -0.2) is 4.98 Å². The zero-order valence-corrected chi connectivity index (χ0v) is 20.4. The predicted octanol–water partition coefficient (Wildman–Crippen LogP) is 4.94. The molecular weight excluding hydrogens is 424 g/mol. The van der Waals surface area contributed by atoms with Crippen molar-refractivity contribution in [1.82, 2.24) is 9.97 Å². The van der Waals surface area contributed by atoms with E-state index in [1.54, 1.807) is 0 Å². The highest BCUT2D eigenvalue weighted by Gasteiger charge is 2.23. The molecule has 3 N–H and O–H groups in total. The van der Waals surface area contributed by atoms with Gasteiger partial charge in [0.2, 0.25) is 5.95 Å². The number of ether oxygens (including phenoxy) is 1. The number of hydrogen-bond acceptors (Lipinski definition) is 6. The molecule has 7 nitrogen and oxygen atoms in total. The fourth-order valence-electron chi connectivity index (χ4n) is 4.95. The van der Waals surface area contributed by atoms with Crippen LogP contribution < -0.4 is 20.7 Å². The molecule has 1 aromatic heterocycles. The summed E-state index contributed by atoms with van der Waals surface area (Å²) in [6.07, 6.45) is 0.871. The predicted molar refractivity (Wildman–Crippen MR) is 139 cm³/mol. The minimum Gasteiger partial charge on any atom is -0.491 e. The first-order chi connectivity index (χ1) is 16.4. The second kappa shape index (κ2) is 8.97. The number of hydrogen-bond donors (Lipinski definition) is 2. The highest BCUT2D eigenvalue weighted by atomic mass is 16.5. The number of rotatable bonds is 4. The molecule has 0 saturated carbocycles. The topological polar surface area (TPSA) is 88.7 Å². The number of nitrogens with two attached hydrogens (primary N) is 1. The van der Waals surface area contributed by atoms with Crippen LogP contribution >= 0.6 is 0 Å². The van der Waals surface area contributed by atoms with E-state index in [0.717, 1.165) is 65.0 Å². The Morgan fingerprint density at radius 1 is 1.12 bits per heavy atom. The minimum absolute atomic E-state index is 0.297. The molecule has 3 heterocycles. The number of anilines is 3. The van der Waals surface area contributed by atoms with Gasteiger partial charge in [0, 0.05) is 42.0 Å². The van der Waals surface area contributed by atoms with Crippen molar-refractivity contribution in [3.8, 4) is 16.9 Å². The summed E-state index contributed by atoms with van der Waals surface area (Å²) < 4.78 is 6.12. The average Bonchev–Trinajstić information content (AvgIpc) is 3.07. The molecule has 2 aliphatic heterocycles. The smallest absolute Gasteiger partial charge is 0.222 e. The quantitative estimate of drug-likeness (QED) is 0.578. The first-order valence-electron chi connectivity index (χ1n) is 12.0. The molecule has 0 atom stereocenters. The molecule has 0 saturated heterocycles. The Bertz CT molecular complexity index is 1270. The Balaban J connectivity index is 1.48. The largest absolute Gasteiger partial charge is 0.491 e. The average molecular weight is 457 g/mol. The Morgan fingerprint density at radius 3 is 2.71 bits per heavy atom. The highest BCUT2D eigenvalue weighted by Crippen LogP contribution is 2.35. The van der Waals surface area contributed by atoms with Crippen LogP contribution in [0.3, 0.4) is 0 Å². The molecule has 34 heavy (non-hydrogen) atoms. The summed E-state index contributed by atoms with van der Waals surface area (Å²) in [5.41, 5.74) is 14.0. The van der Waals surface area contributed by atoms with Gasteiger partial charge in [-0.05, 0) is 54.7 Å². The van der Waals surface area contributed by atoms with Gasteiger partial charge < -0.3 is 20.7 Å². The molecule has 176 valence electrons. The van der Waals surface area contributed by atoms with E-state index in [0.29, 0.717) is 25.0 Å². The molecule has 3 aromatic rings. The molecule has 0 radical (unpaired) electrons. The lowest BCUT2D eigenvalue weighted by Gasteiger charge is -2.26. The number of nitrogens with one attached hydrogen (secondary N) is 1.